The molecule has 2 aromatic carbocycles. The van der Waals surface area contributed by atoms with Crippen LogP contribution >= 0.6 is 11.3 Å². The fourth-order valence-electron chi connectivity index (χ4n) is 4.25. The van der Waals surface area contributed by atoms with E-state index in [1.54, 1.807) is 6.20 Å². The molecule has 0 aliphatic carbocycles. The Labute approximate surface area is 214 Å². The fourth-order valence-corrected chi connectivity index (χ4v) is 5.11. The van der Waals surface area contributed by atoms with Gasteiger partial charge in [0.25, 0.3) is 5.91 Å². The molecular weight excluding hydrogens is 468 g/mol. The second-order valence-electron chi connectivity index (χ2n) is 9.65. The zero-order valence-electron chi connectivity index (χ0n) is 21.0. The minimum Gasteiger partial charge on any atom is -0.296 e. The number of pyridine rings is 1. The third-order valence-corrected chi connectivity index (χ3v) is 7.56. The number of carbonyl (C=O) groups is 1. The molecule has 0 spiro atoms. The monoisotopic (exact) mass is 496 g/mol. The van der Waals surface area contributed by atoms with Gasteiger partial charge in [0.2, 0.25) is 5.13 Å². The third-order valence-electron chi connectivity index (χ3n) is 6.40. The molecular formula is C28H28N6OS. The molecule has 36 heavy (non-hydrogen) atoms. The van der Waals surface area contributed by atoms with E-state index in [-0.39, 0.29) is 17.4 Å². The van der Waals surface area contributed by atoms with Gasteiger partial charge in [-0.05, 0) is 51.8 Å². The second-order valence-corrected chi connectivity index (χ2v) is 10.6. The zero-order valence-corrected chi connectivity index (χ0v) is 21.8. The first-order valence-electron chi connectivity index (χ1n) is 11.9. The van der Waals surface area contributed by atoms with Crippen molar-refractivity contribution in [3.8, 4) is 11.3 Å². The Morgan fingerprint density at radius 3 is 2.47 bits per heavy atom. The molecule has 1 N–H and O–H groups in total. The molecule has 0 saturated carbocycles. The number of aromatic nitrogens is 5. The molecule has 8 heteroatoms. The summed E-state index contributed by atoms with van der Waals surface area (Å²) in [5, 5.41) is 18.2. The van der Waals surface area contributed by atoms with Crippen molar-refractivity contribution >= 4 is 33.4 Å². The minimum atomic E-state index is -0.331. The van der Waals surface area contributed by atoms with E-state index >= 15 is 0 Å². The van der Waals surface area contributed by atoms with Gasteiger partial charge in [0.15, 0.2) is 5.65 Å². The molecule has 0 aliphatic rings. The molecule has 3 aromatic heterocycles. The van der Waals surface area contributed by atoms with Crippen LogP contribution in [0.4, 0.5) is 5.13 Å². The molecule has 182 valence electrons. The van der Waals surface area contributed by atoms with Gasteiger partial charge in [-0.3, -0.25) is 10.1 Å². The molecule has 0 bridgehead atoms. The Morgan fingerprint density at radius 2 is 1.75 bits per heavy atom. The predicted molar refractivity (Wildman–Crippen MR) is 145 cm³/mol. The lowest BCUT2D eigenvalue weighted by atomic mass is 9.85. The van der Waals surface area contributed by atoms with E-state index in [1.807, 2.05) is 74.0 Å². The van der Waals surface area contributed by atoms with Crippen LogP contribution in [0.2, 0.25) is 0 Å². The fraction of sp³-hybridized carbons (Fsp3) is 0.250. The van der Waals surface area contributed by atoms with Gasteiger partial charge in [0.05, 0.1) is 22.8 Å². The molecule has 0 aliphatic heterocycles. The first-order chi connectivity index (χ1) is 17.3. The zero-order chi connectivity index (χ0) is 25.4. The smallest absolute Gasteiger partial charge is 0.258 e. The van der Waals surface area contributed by atoms with Gasteiger partial charge >= 0.3 is 0 Å². The van der Waals surface area contributed by atoms with E-state index in [4.69, 9.17) is 4.98 Å². The normalized spacial score (nSPS) is 11.8. The number of nitrogens with one attached hydrogen (secondary N) is 1. The van der Waals surface area contributed by atoms with Crippen LogP contribution in [0.25, 0.3) is 22.3 Å². The summed E-state index contributed by atoms with van der Waals surface area (Å²) in [4.78, 5) is 18.5. The largest absolute Gasteiger partial charge is 0.296 e. The van der Waals surface area contributed by atoms with E-state index in [9.17, 15) is 4.79 Å². The van der Waals surface area contributed by atoms with Gasteiger partial charge in [-0.1, -0.05) is 65.9 Å². The van der Waals surface area contributed by atoms with E-state index < -0.39 is 0 Å². The second kappa shape index (κ2) is 9.28. The van der Waals surface area contributed by atoms with Gasteiger partial charge < -0.3 is 0 Å². The highest BCUT2D eigenvalue weighted by Gasteiger charge is 2.28. The Morgan fingerprint density at radius 1 is 1.03 bits per heavy atom. The van der Waals surface area contributed by atoms with Crippen LogP contribution in [0.1, 0.15) is 60.2 Å². The number of fused-ring (bicyclic) bond motifs is 1. The van der Waals surface area contributed by atoms with E-state index in [2.05, 4.69) is 46.6 Å². The molecule has 0 saturated heterocycles. The maximum absolute atomic E-state index is 13.6. The summed E-state index contributed by atoms with van der Waals surface area (Å²) in [6.45, 7) is 10.3. The summed E-state index contributed by atoms with van der Waals surface area (Å²) in [5.74, 6) is -0.263. The van der Waals surface area contributed by atoms with Crippen LogP contribution in [0, 0.1) is 6.92 Å². The maximum Gasteiger partial charge on any atom is 0.258 e. The molecule has 7 nitrogen and oxygen atoms in total. The highest BCUT2D eigenvalue weighted by atomic mass is 32.1. The van der Waals surface area contributed by atoms with Crippen LogP contribution < -0.4 is 5.32 Å². The van der Waals surface area contributed by atoms with Crippen molar-refractivity contribution in [2.45, 2.75) is 46.1 Å². The predicted octanol–water partition coefficient (Wildman–Crippen LogP) is 6.42. The molecule has 5 aromatic rings. The Balaban J connectivity index is 1.53. The average molecular weight is 497 g/mol. The van der Waals surface area contributed by atoms with Crippen molar-refractivity contribution in [2.75, 3.05) is 5.32 Å². The van der Waals surface area contributed by atoms with Crippen molar-refractivity contribution in [1.29, 1.82) is 0 Å². The quantitative estimate of drug-likeness (QED) is 0.293. The number of anilines is 1. The van der Waals surface area contributed by atoms with Gasteiger partial charge in [-0.25, -0.2) is 9.67 Å². The number of hydrogen-bond donors (Lipinski definition) is 1. The minimum absolute atomic E-state index is 0.101. The van der Waals surface area contributed by atoms with Crippen LogP contribution in [0.5, 0.6) is 0 Å². The van der Waals surface area contributed by atoms with Crippen molar-refractivity contribution in [3.05, 3.63) is 88.6 Å². The third kappa shape index (κ3) is 4.28. The molecule has 1 amide bonds. The number of nitrogens with zero attached hydrogens (tertiary/aromatic N) is 5. The van der Waals surface area contributed by atoms with Crippen LogP contribution in [-0.4, -0.2) is 30.9 Å². The highest BCUT2D eigenvalue weighted by molar-refractivity contribution is 7.15. The summed E-state index contributed by atoms with van der Waals surface area (Å²) in [5.41, 5.74) is 4.79. The summed E-state index contributed by atoms with van der Waals surface area (Å²) in [6, 6.07) is 20.1. The van der Waals surface area contributed by atoms with Crippen LogP contribution in [0.15, 0.2) is 66.9 Å². The summed E-state index contributed by atoms with van der Waals surface area (Å²) >= 11 is 1.39. The number of carbonyl (C=O) groups excluding carboxylic acids is 1. The topological polar surface area (TPSA) is 85.6 Å². The highest BCUT2D eigenvalue weighted by Crippen LogP contribution is 2.35. The number of hydrogen-bond acceptors (Lipinski definition) is 6. The number of rotatable bonds is 6. The first-order valence-corrected chi connectivity index (χ1v) is 12.7. The molecule has 0 atom stereocenters. The summed E-state index contributed by atoms with van der Waals surface area (Å²) in [6.07, 6.45) is 1.71. The lowest BCUT2D eigenvalue weighted by Gasteiger charge is -2.21. The van der Waals surface area contributed by atoms with E-state index in [0.717, 1.165) is 27.4 Å². The lowest BCUT2D eigenvalue weighted by molar-refractivity contribution is 0.102. The van der Waals surface area contributed by atoms with Crippen molar-refractivity contribution in [2.24, 2.45) is 0 Å². The Hall–Kier alpha value is -3.91. The number of benzene rings is 2. The Bertz CT molecular complexity index is 1550. The van der Waals surface area contributed by atoms with Gasteiger partial charge in [-0.15, -0.1) is 10.2 Å². The van der Waals surface area contributed by atoms with Crippen molar-refractivity contribution in [3.63, 3.8) is 0 Å². The van der Waals surface area contributed by atoms with E-state index in [0.29, 0.717) is 21.7 Å². The molecule has 0 fully saturated rings. The molecule has 0 unspecified atom stereocenters. The van der Waals surface area contributed by atoms with Crippen LogP contribution in [-0.2, 0) is 5.41 Å². The van der Waals surface area contributed by atoms with Crippen LogP contribution in [0.3, 0.4) is 0 Å². The summed E-state index contributed by atoms with van der Waals surface area (Å²) < 4.78 is 1.85. The molecule has 5 rings (SSSR count). The number of amides is 1. The first kappa shape index (κ1) is 23.8. The van der Waals surface area contributed by atoms with Gasteiger partial charge in [0, 0.05) is 17.0 Å². The van der Waals surface area contributed by atoms with Crippen molar-refractivity contribution in [1.82, 2.24) is 25.0 Å². The molecule has 0 radical (unpaired) electrons. The van der Waals surface area contributed by atoms with Gasteiger partial charge in [-0.2, -0.15) is 5.10 Å². The standard InChI is InChI=1S/C28H28N6OS/c1-17(2)34-24-22(16-29-34)21(15-23(30-24)20-14-10-9-11-18(20)3)25(35)31-27-33-32-26(36-27)28(4,5)19-12-7-6-8-13-19/h6-17H,1-5H3,(H,31,33,35). The SMILES string of the molecule is Cc1ccccc1-c1cc(C(=O)Nc2nnc(C(C)(C)c3ccccc3)s2)c2cnn(C(C)C)c2n1. The number of aryl methyl sites for hydroxylation is 1. The van der Waals surface area contributed by atoms with Crippen molar-refractivity contribution < 1.29 is 4.79 Å². The lowest BCUT2D eigenvalue weighted by Crippen LogP contribution is -2.18. The summed E-state index contributed by atoms with van der Waals surface area (Å²) in [7, 11) is 0. The maximum atomic E-state index is 13.6. The van der Waals surface area contributed by atoms with E-state index in [1.165, 1.54) is 11.3 Å². The average Bonchev–Trinajstić information content (AvgIpc) is 3.52. The molecule has 3 heterocycles. The van der Waals surface area contributed by atoms with Gasteiger partial charge in [0.1, 0.15) is 5.01 Å². The Kier molecular flexibility index (Phi) is 6.14.